The number of hydrogen-bond acceptors (Lipinski definition) is 6. The zero-order valence-corrected chi connectivity index (χ0v) is 15.9. The van der Waals surface area contributed by atoms with E-state index < -0.39 is 17.2 Å². The van der Waals surface area contributed by atoms with Crippen molar-refractivity contribution < 1.29 is 19.7 Å². The second kappa shape index (κ2) is 10.2. The summed E-state index contributed by atoms with van der Waals surface area (Å²) < 4.78 is 5.22. The number of nitrogens with two attached hydrogens (primary N) is 1. The number of aromatic amines is 2. The Bertz CT molecular complexity index is 1100. The molecule has 0 amide bonds. The normalized spacial score (nSPS) is 10.3. The zero-order chi connectivity index (χ0) is 21.4. The lowest BCUT2D eigenvalue weighted by Crippen LogP contribution is -2.30. The number of hydrogen-bond donors (Lipinski definition) is 5. The van der Waals surface area contributed by atoms with Crippen LogP contribution in [-0.2, 0) is 12.8 Å². The largest absolute Gasteiger partial charge is 0.497 e. The molecule has 9 nitrogen and oxygen atoms in total. The Morgan fingerprint density at radius 2 is 1.76 bits per heavy atom. The standard InChI is InChI=1S/C18H16N2O5.C2H7NO/c1-25-13-6-5-11-4-2-10(8-12(11)9-13)3-7-14-15(17(22)23)19-18(24)20-16(14)21;3-1-2-4/h2,4-6,8-9H,3,7H2,1H3,(H,22,23)(H2,19,20,21,24);4H,1-3H2. The number of ether oxygens (including phenoxy) is 1. The lowest BCUT2D eigenvalue weighted by molar-refractivity contribution is 0.0688. The summed E-state index contributed by atoms with van der Waals surface area (Å²) in [4.78, 5) is 38.7. The fourth-order valence-corrected chi connectivity index (χ4v) is 2.76. The molecule has 0 fully saturated rings. The number of aromatic nitrogens is 2. The second-order valence-electron chi connectivity index (χ2n) is 6.13. The number of carboxylic acids is 1. The van der Waals surface area contributed by atoms with Gasteiger partial charge in [-0.25, -0.2) is 9.59 Å². The number of H-pyrrole nitrogens is 2. The highest BCUT2D eigenvalue weighted by molar-refractivity contribution is 5.87. The first-order chi connectivity index (χ1) is 13.9. The van der Waals surface area contributed by atoms with E-state index in [1.54, 1.807) is 7.11 Å². The maximum atomic E-state index is 11.9. The maximum absolute atomic E-state index is 11.9. The fraction of sp³-hybridized carbons (Fsp3) is 0.250. The first-order valence-electron chi connectivity index (χ1n) is 8.86. The Balaban J connectivity index is 0.000000687. The number of carbonyl (C=O) groups is 1. The van der Waals surface area contributed by atoms with Crippen LogP contribution < -0.4 is 21.7 Å². The van der Waals surface area contributed by atoms with Crippen molar-refractivity contribution in [1.82, 2.24) is 9.97 Å². The molecule has 3 aromatic rings. The molecule has 0 unspecified atom stereocenters. The number of aromatic carboxylic acids is 1. The monoisotopic (exact) mass is 401 g/mol. The van der Waals surface area contributed by atoms with Crippen LogP contribution >= 0.6 is 0 Å². The molecular formula is C20H23N3O6. The van der Waals surface area contributed by atoms with E-state index >= 15 is 0 Å². The summed E-state index contributed by atoms with van der Waals surface area (Å²) in [7, 11) is 1.60. The quantitative estimate of drug-likeness (QED) is 0.405. The average Bonchev–Trinajstić information content (AvgIpc) is 2.72. The van der Waals surface area contributed by atoms with Gasteiger partial charge in [-0.3, -0.25) is 9.78 Å². The molecule has 0 aliphatic heterocycles. The lowest BCUT2D eigenvalue weighted by Gasteiger charge is -2.07. The van der Waals surface area contributed by atoms with Crippen LogP contribution in [0.3, 0.4) is 0 Å². The van der Waals surface area contributed by atoms with Crippen molar-refractivity contribution in [3.8, 4) is 5.75 Å². The highest BCUT2D eigenvalue weighted by atomic mass is 16.5. The van der Waals surface area contributed by atoms with Gasteiger partial charge in [-0.15, -0.1) is 0 Å². The topological polar surface area (TPSA) is 158 Å². The van der Waals surface area contributed by atoms with Gasteiger partial charge in [0.1, 0.15) is 11.4 Å². The maximum Gasteiger partial charge on any atom is 0.352 e. The minimum atomic E-state index is -1.33. The van der Waals surface area contributed by atoms with Crippen LogP contribution in [0.5, 0.6) is 5.75 Å². The van der Waals surface area contributed by atoms with Crippen LogP contribution in [0.25, 0.3) is 10.8 Å². The van der Waals surface area contributed by atoms with Crippen molar-refractivity contribution in [3.05, 3.63) is 74.1 Å². The van der Waals surface area contributed by atoms with Crippen LogP contribution in [0.1, 0.15) is 21.6 Å². The van der Waals surface area contributed by atoms with Gasteiger partial charge in [0, 0.05) is 12.1 Å². The van der Waals surface area contributed by atoms with E-state index in [0.717, 1.165) is 22.1 Å². The predicted molar refractivity (Wildman–Crippen MR) is 109 cm³/mol. The molecule has 1 aromatic heterocycles. The Labute approximate surface area is 165 Å². The Hall–Kier alpha value is -3.43. The molecule has 0 aliphatic carbocycles. The minimum absolute atomic E-state index is 0.0536. The first-order valence-corrected chi connectivity index (χ1v) is 8.86. The van der Waals surface area contributed by atoms with E-state index in [1.807, 2.05) is 36.4 Å². The van der Waals surface area contributed by atoms with Gasteiger partial charge < -0.3 is 25.7 Å². The molecule has 29 heavy (non-hydrogen) atoms. The van der Waals surface area contributed by atoms with Crippen LogP contribution in [-0.4, -0.2) is 46.4 Å². The van der Waals surface area contributed by atoms with Crippen LogP contribution in [0, 0.1) is 0 Å². The number of aliphatic hydroxyl groups excluding tert-OH is 1. The zero-order valence-electron chi connectivity index (χ0n) is 15.9. The molecule has 9 heteroatoms. The molecule has 0 radical (unpaired) electrons. The molecule has 0 saturated heterocycles. The summed E-state index contributed by atoms with van der Waals surface area (Å²) in [5.74, 6) is -0.587. The van der Waals surface area contributed by atoms with Gasteiger partial charge in [-0.05, 0) is 41.3 Å². The van der Waals surface area contributed by atoms with Gasteiger partial charge in [-0.2, -0.15) is 0 Å². The number of aliphatic hydroxyl groups is 1. The number of rotatable bonds is 6. The molecule has 3 rings (SSSR count). The van der Waals surface area contributed by atoms with Crippen LogP contribution in [0.15, 0.2) is 46.0 Å². The van der Waals surface area contributed by atoms with Gasteiger partial charge in [-0.1, -0.05) is 24.3 Å². The van der Waals surface area contributed by atoms with Crippen molar-refractivity contribution in [2.24, 2.45) is 5.73 Å². The van der Waals surface area contributed by atoms with E-state index in [1.165, 1.54) is 0 Å². The van der Waals surface area contributed by atoms with Gasteiger partial charge in [0.25, 0.3) is 5.56 Å². The van der Waals surface area contributed by atoms with Gasteiger partial charge >= 0.3 is 11.7 Å². The molecule has 1 heterocycles. The summed E-state index contributed by atoms with van der Waals surface area (Å²) in [6.07, 6.45) is 0.659. The fourth-order valence-electron chi connectivity index (χ4n) is 2.76. The number of fused-ring (bicyclic) bond motifs is 1. The number of methoxy groups -OCH3 is 1. The highest BCUT2D eigenvalue weighted by Crippen LogP contribution is 2.22. The third kappa shape index (κ3) is 5.77. The molecular weight excluding hydrogens is 378 g/mol. The number of aryl methyl sites for hydroxylation is 1. The van der Waals surface area contributed by atoms with E-state index in [-0.39, 0.29) is 24.3 Å². The summed E-state index contributed by atoms with van der Waals surface area (Å²) in [6, 6.07) is 11.6. The SMILES string of the molecule is COc1ccc2ccc(CCc3c(C(=O)O)[nH]c(=O)[nH]c3=O)cc2c1.NCCO. The molecule has 0 saturated carbocycles. The Morgan fingerprint density at radius 3 is 2.38 bits per heavy atom. The van der Waals surface area contributed by atoms with Crippen LogP contribution in [0.4, 0.5) is 0 Å². The van der Waals surface area contributed by atoms with Crippen molar-refractivity contribution >= 4 is 16.7 Å². The molecule has 0 atom stereocenters. The molecule has 0 spiro atoms. The predicted octanol–water partition coefficient (Wildman–Crippen LogP) is 0.646. The smallest absolute Gasteiger partial charge is 0.352 e. The highest BCUT2D eigenvalue weighted by Gasteiger charge is 2.15. The van der Waals surface area contributed by atoms with Crippen molar-refractivity contribution in [1.29, 1.82) is 0 Å². The van der Waals surface area contributed by atoms with Gasteiger partial charge in [0.15, 0.2) is 0 Å². The summed E-state index contributed by atoms with van der Waals surface area (Å²) >= 11 is 0. The lowest BCUT2D eigenvalue weighted by atomic mass is 10.0. The Kier molecular flexibility index (Phi) is 7.70. The molecule has 154 valence electrons. The minimum Gasteiger partial charge on any atom is -0.497 e. The molecule has 6 N–H and O–H groups in total. The number of benzene rings is 2. The molecule has 0 bridgehead atoms. The number of nitrogens with one attached hydrogen (secondary N) is 2. The number of carboxylic acid groups (broad SMARTS) is 1. The third-order valence-corrected chi connectivity index (χ3v) is 4.16. The van der Waals surface area contributed by atoms with E-state index in [0.29, 0.717) is 13.0 Å². The first kappa shape index (κ1) is 21.9. The molecule has 2 aromatic carbocycles. The van der Waals surface area contributed by atoms with Gasteiger partial charge in [0.2, 0.25) is 0 Å². The summed E-state index contributed by atoms with van der Waals surface area (Å²) in [6.45, 7) is 0.472. The van der Waals surface area contributed by atoms with Crippen molar-refractivity contribution in [2.45, 2.75) is 12.8 Å². The third-order valence-electron chi connectivity index (χ3n) is 4.16. The van der Waals surface area contributed by atoms with E-state index in [2.05, 4.69) is 9.97 Å². The molecule has 0 aliphatic rings. The van der Waals surface area contributed by atoms with Gasteiger partial charge in [0.05, 0.1) is 13.7 Å². The van der Waals surface area contributed by atoms with Crippen LogP contribution in [0.2, 0.25) is 0 Å². The summed E-state index contributed by atoms with van der Waals surface area (Å²) in [5, 5.41) is 19.0. The van der Waals surface area contributed by atoms with E-state index in [9.17, 15) is 19.5 Å². The summed E-state index contributed by atoms with van der Waals surface area (Å²) in [5.41, 5.74) is 3.91. The second-order valence-corrected chi connectivity index (χ2v) is 6.13. The van der Waals surface area contributed by atoms with Crippen molar-refractivity contribution in [3.63, 3.8) is 0 Å². The Morgan fingerprint density at radius 1 is 1.07 bits per heavy atom. The average molecular weight is 401 g/mol. The van der Waals surface area contributed by atoms with Crippen molar-refractivity contribution in [2.75, 3.05) is 20.3 Å². The van der Waals surface area contributed by atoms with E-state index in [4.69, 9.17) is 15.6 Å².